The maximum atomic E-state index is 11.5. The second-order valence-corrected chi connectivity index (χ2v) is 30.4. The van der Waals surface area contributed by atoms with Crippen molar-refractivity contribution in [3.8, 4) is 84.8 Å². The quantitative estimate of drug-likeness (QED) is 0.0332. The largest absolute Gasteiger partial charge is 0.493 e. The van der Waals surface area contributed by atoms with Crippen LogP contribution in [-0.4, -0.2) is 200 Å². The van der Waals surface area contributed by atoms with Gasteiger partial charge in [-0.1, -0.05) is 88.7 Å². The van der Waals surface area contributed by atoms with Crippen LogP contribution in [0.4, 0.5) is 21.8 Å². The molecule has 33 heteroatoms. The number of ether oxygens (including phenoxy) is 3. The maximum absolute atomic E-state index is 11.5. The number of hydrogen-bond acceptors (Lipinski definition) is 23. The van der Waals surface area contributed by atoms with E-state index in [0.717, 1.165) is 191 Å². The number of alkyl halides is 2. The van der Waals surface area contributed by atoms with Crippen LogP contribution in [0.15, 0.2) is 221 Å². The van der Waals surface area contributed by atoms with Gasteiger partial charge < -0.3 is 40.6 Å². The lowest BCUT2D eigenvalue weighted by Crippen LogP contribution is -2.39. The zero-order chi connectivity index (χ0) is 79.7. The highest BCUT2D eigenvalue weighted by atomic mass is 79.9. The molecule has 588 valence electrons. The number of aromatic nitrogens is 18. The summed E-state index contributed by atoms with van der Waals surface area (Å²) in [5.74, 6) is 7.66. The smallest absolute Gasteiger partial charge is 0.140 e. The van der Waals surface area contributed by atoms with Crippen LogP contribution in [0.1, 0.15) is 18.1 Å². The van der Waals surface area contributed by atoms with Gasteiger partial charge in [-0.2, -0.15) is 15.3 Å². The molecule has 0 unspecified atom stereocenters. The summed E-state index contributed by atoms with van der Waals surface area (Å²) in [7, 11) is 3.59. The lowest BCUT2D eigenvalue weighted by Gasteiger charge is -2.25. The van der Waals surface area contributed by atoms with Gasteiger partial charge in [0.2, 0.25) is 0 Å². The highest BCUT2D eigenvalue weighted by Gasteiger charge is 2.18. The molecule has 2 aliphatic rings. The van der Waals surface area contributed by atoms with E-state index in [1.165, 1.54) is 0 Å². The van der Waals surface area contributed by atoms with Crippen molar-refractivity contribution in [2.24, 2.45) is 21.1 Å². The van der Waals surface area contributed by atoms with Gasteiger partial charge in [-0.3, -0.25) is 45.0 Å². The molecule has 2 aliphatic heterocycles. The molecule has 2 fully saturated rings. The van der Waals surface area contributed by atoms with E-state index < -0.39 is 28.8 Å². The fraction of sp³-hybridized carbons (Fsp3) is 0.259. The molecule has 0 spiro atoms. The average molecular weight is 1640 g/mol. The van der Waals surface area contributed by atoms with Crippen molar-refractivity contribution in [1.29, 1.82) is 0 Å². The normalized spacial score (nSPS) is 13.1. The Morgan fingerprint density at radius 1 is 0.465 bits per heavy atom. The van der Waals surface area contributed by atoms with Crippen molar-refractivity contribution < 1.29 is 33.5 Å². The Balaban J connectivity index is 0.000000142. The van der Waals surface area contributed by atoms with Gasteiger partial charge in [0.25, 0.3) is 0 Å². The number of anilines is 3. The van der Waals surface area contributed by atoms with E-state index in [-0.39, 0.29) is 13.2 Å². The van der Waals surface area contributed by atoms with E-state index in [0.29, 0.717) is 38.6 Å². The average Bonchev–Trinajstić information content (AvgIpc) is 1.67. The minimum absolute atomic E-state index is 0.0315. The minimum Gasteiger partial charge on any atom is -0.493 e. The Bertz CT molecular complexity index is 5440. The zero-order valence-electron chi connectivity index (χ0n) is 64.1. The number of nitrogens with one attached hydrogen (secondary N) is 4. The standard InChI is InChI=1S/C28H30N8O2S.C24H22BrN7O.C24H23N7O2.C4H9NOS.CH3F/c1-34-19-23(17-33-34)22-4-2-21(3-5-22)16-29-27-15-25(31-20-32-27)26-18-30-28-14-24(6-7-36(26)28)38-11-8-35-9-12-39(37)13-10-35;1-31-15-19(13-30-31)18-4-2-17(3-5-18)12-26-23-11-21(28-16-29-23)22-14-27-24-10-20(33-9-7-25)6-8-32(22)24;1-30-15-19(13-29-30)18-4-2-17(3-5-18)12-25-23-11-21(27-16-28-23)22-14-26-24-10-20(33-9-8-32)6-7-31(22)24;6-7-3-1-5-2-4-7;1-2/h2-7,14-15,17-20H,8-13,16H2,1H3,(H,29,31,32);2-6,8,10-11,13-16H,7,9,12H2,1H3,(H,26,28,29);2-7,10-11,13-16,32H,8-9,12H2,1H3,(H,25,27,28);5H,1-4H2;1H3/i;;;;1D. The molecule has 29 nitrogen and oxygen atoms in total. The highest BCUT2D eigenvalue weighted by Crippen LogP contribution is 2.29. The van der Waals surface area contributed by atoms with Crippen molar-refractivity contribution in [2.45, 2.75) is 19.6 Å². The minimum atomic E-state index is -1.00. The molecule has 0 bridgehead atoms. The highest BCUT2D eigenvalue weighted by molar-refractivity contribution is 9.09. The van der Waals surface area contributed by atoms with Crippen molar-refractivity contribution >= 4 is 71.9 Å². The summed E-state index contributed by atoms with van der Waals surface area (Å²) in [6, 6.07) is 42.4. The molecule has 12 aromatic heterocycles. The number of fused-ring (bicyclic) bond motifs is 3. The fourth-order valence-electron chi connectivity index (χ4n) is 12.4. The summed E-state index contributed by atoms with van der Waals surface area (Å²) in [6.07, 6.45) is 27.5. The Labute approximate surface area is 672 Å². The number of rotatable bonds is 25. The van der Waals surface area contributed by atoms with Crippen molar-refractivity contribution in [3.63, 3.8) is 0 Å². The van der Waals surface area contributed by atoms with Crippen LogP contribution < -0.4 is 35.5 Å². The van der Waals surface area contributed by atoms with Crippen molar-refractivity contribution in [1.82, 2.24) is 97.6 Å². The second-order valence-electron chi connectivity index (χ2n) is 26.2. The van der Waals surface area contributed by atoms with Gasteiger partial charge in [-0.05, 0) is 51.6 Å². The first kappa shape index (κ1) is 78.7. The molecule has 3 aromatic carbocycles. The Kier molecular flexibility index (Phi) is 27.6. The van der Waals surface area contributed by atoms with Crippen LogP contribution in [0.3, 0.4) is 0 Å². The molecule has 5 N–H and O–H groups in total. The van der Waals surface area contributed by atoms with Crippen LogP contribution in [0.5, 0.6) is 17.2 Å². The third kappa shape index (κ3) is 21.8. The summed E-state index contributed by atoms with van der Waals surface area (Å²) < 4.78 is 66.0. The van der Waals surface area contributed by atoms with Crippen molar-refractivity contribution in [3.05, 3.63) is 237 Å². The topological polar surface area (TPSA) is 316 Å². The third-order valence-electron chi connectivity index (χ3n) is 18.3. The van der Waals surface area contributed by atoms with E-state index in [4.69, 9.17) is 20.7 Å². The molecule has 0 saturated carbocycles. The van der Waals surface area contributed by atoms with E-state index in [2.05, 4.69) is 175 Å². The Morgan fingerprint density at radius 3 is 1.14 bits per heavy atom. The Hall–Kier alpha value is -12.0. The van der Waals surface area contributed by atoms with E-state index >= 15 is 0 Å². The molecule has 0 amide bonds. The third-order valence-corrected chi connectivity index (χ3v) is 21.2. The first-order valence-corrected chi connectivity index (χ1v) is 40.8. The number of hydrogen-bond donors (Lipinski definition) is 5. The Morgan fingerprint density at radius 2 is 0.816 bits per heavy atom. The summed E-state index contributed by atoms with van der Waals surface area (Å²) in [5.41, 5.74) is 17.5. The molecular formula is C81H87BrFN23O6S2. The van der Waals surface area contributed by atoms with E-state index in [9.17, 15) is 12.8 Å². The van der Waals surface area contributed by atoms with Gasteiger partial charge in [0.15, 0.2) is 0 Å². The van der Waals surface area contributed by atoms with Gasteiger partial charge in [0.1, 0.15) is 83.8 Å². The number of benzene rings is 3. The van der Waals surface area contributed by atoms with Gasteiger partial charge >= 0.3 is 0 Å². The number of aryl methyl sites for hydroxylation is 3. The predicted octanol–water partition coefficient (Wildman–Crippen LogP) is 10.9. The lowest BCUT2D eigenvalue weighted by atomic mass is 10.1. The predicted molar refractivity (Wildman–Crippen MR) is 446 cm³/mol. The fourth-order valence-corrected chi connectivity index (χ4v) is 14.6. The molecule has 2 saturated heterocycles. The van der Waals surface area contributed by atoms with Crippen LogP contribution >= 0.6 is 15.9 Å². The number of aliphatic hydroxyl groups is 1. The second kappa shape index (κ2) is 39.9. The van der Waals surface area contributed by atoms with Crippen LogP contribution in [0.2, 0.25) is 0 Å². The molecule has 114 heavy (non-hydrogen) atoms. The molecule has 15 aromatic rings. The van der Waals surface area contributed by atoms with Crippen LogP contribution in [0, 0.1) is 0 Å². The molecular weight excluding hydrogens is 1550 g/mol. The monoisotopic (exact) mass is 1640 g/mol. The van der Waals surface area contributed by atoms with Gasteiger partial charge in [-0.15, -0.1) is 0 Å². The van der Waals surface area contributed by atoms with E-state index in [1.54, 1.807) is 39.2 Å². The molecule has 0 atom stereocenters. The van der Waals surface area contributed by atoms with Crippen LogP contribution in [0.25, 0.3) is 84.5 Å². The van der Waals surface area contributed by atoms with E-state index in [1.807, 2.05) is 157 Å². The number of nitrogens with zero attached hydrogens (tertiary/aromatic N) is 19. The van der Waals surface area contributed by atoms with Gasteiger partial charge in [-0.25, -0.2) is 44.9 Å². The molecule has 17 rings (SSSR count). The number of imidazole rings is 3. The first-order chi connectivity index (χ1) is 56.3. The first-order valence-electron chi connectivity index (χ1n) is 37.4. The van der Waals surface area contributed by atoms with Crippen molar-refractivity contribution in [2.75, 3.05) is 111 Å². The van der Waals surface area contributed by atoms with Crippen LogP contribution in [-0.2, 0) is 62.4 Å². The summed E-state index contributed by atoms with van der Waals surface area (Å²) in [4.78, 5) is 42.3. The zero-order valence-corrected chi connectivity index (χ0v) is 66.3. The number of halogens is 2. The SMILES string of the molecule is Cn1cc(-c2ccc(CNc3cc(-c4cnc5cc(OCCBr)ccn45)ncn3)cc2)cn1.Cn1cc(-c2ccc(CNc3cc(-c4cnc5cc(OCCN6CCS(=O)CC6)ccn45)ncn3)cc2)cn1.Cn1cc(-c2ccc(CNc3cc(-c4cnc5cc(OCCO)ccn45)ncn3)cc2)cn1.O=S1CCNCC1.[2H]CF. The lowest BCUT2D eigenvalue weighted by molar-refractivity contribution is 0.201. The molecule has 0 radical (unpaired) electrons. The number of pyridine rings is 3. The summed E-state index contributed by atoms with van der Waals surface area (Å²) >= 11 is 3.37. The van der Waals surface area contributed by atoms with Gasteiger partial charge in [0.05, 0.1) is 93.1 Å². The summed E-state index contributed by atoms with van der Waals surface area (Å²) in [5, 5.41) is 35.7. The maximum Gasteiger partial charge on any atom is 0.140 e. The summed E-state index contributed by atoms with van der Waals surface area (Å²) in [6.45, 7) is 7.79. The van der Waals surface area contributed by atoms with Gasteiger partial charge in [0, 0.05) is 214 Å². The number of aliphatic hydroxyl groups excluding tert-OH is 1. The molecule has 0 aliphatic carbocycles. The molecule has 14 heterocycles.